The Balaban J connectivity index is 1.44. The van der Waals surface area contributed by atoms with Crippen molar-refractivity contribution in [2.75, 3.05) is 63.9 Å². The van der Waals surface area contributed by atoms with E-state index in [4.69, 9.17) is 21.1 Å². The lowest BCUT2D eigenvalue weighted by Crippen LogP contribution is -2.49. The topological polar surface area (TPSA) is 80.3 Å². The predicted molar refractivity (Wildman–Crippen MR) is 212 cm³/mol. The van der Waals surface area contributed by atoms with Gasteiger partial charge in [0, 0.05) is 69.8 Å². The van der Waals surface area contributed by atoms with Gasteiger partial charge in [-0.1, -0.05) is 50.4 Å². The Kier molecular flexibility index (Phi) is 15.2. The molecule has 2 aromatic carbocycles. The molecule has 288 valence electrons. The summed E-state index contributed by atoms with van der Waals surface area (Å²) in [4.78, 5) is 20.8. The highest BCUT2D eigenvalue weighted by Gasteiger charge is 2.31. The summed E-state index contributed by atoms with van der Waals surface area (Å²) in [5.41, 5.74) is 4.00. The molecule has 2 aromatic rings. The number of ether oxygens (including phenoxy) is 2. The van der Waals surface area contributed by atoms with Crippen molar-refractivity contribution >= 4 is 34.6 Å². The highest BCUT2D eigenvalue weighted by molar-refractivity contribution is 7.90. The fourth-order valence-corrected chi connectivity index (χ4v) is 8.92. The molecule has 8 nitrogen and oxygen atoms in total. The summed E-state index contributed by atoms with van der Waals surface area (Å²) in [6.07, 6.45) is 6.81. The summed E-state index contributed by atoms with van der Waals surface area (Å²) in [5, 5.41) is -0.0827. The fraction of sp³-hybridized carbons (Fsp3) is 0.634. The molecule has 11 heteroatoms. The molecule has 5 unspecified atom stereocenters. The predicted octanol–water partition coefficient (Wildman–Crippen LogP) is 7.76. The number of carbonyl (C=O) groups excluding carboxylic acids is 1. The maximum Gasteiger partial charge on any atom is 0.292 e. The smallest absolute Gasteiger partial charge is 0.292 e. The third-order valence-electron chi connectivity index (χ3n) is 11.2. The maximum absolute atomic E-state index is 15.5. The number of anilines is 1. The van der Waals surface area contributed by atoms with Gasteiger partial charge in [0.1, 0.15) is 16.8 Å². The summed E-state index contributed by atoms with van der Waals surface area (Å²) < 4.78 is 44.7. The van der Waals surface area contributed by atoms with Crippen LogP contribution in [-0.4, -0.2) is 96.7 Å². The third kappa shape index (κ3) is 10.2. The Hall–Kier alpha value is -2.34. The van der Waals surface area contributed by atoms with Gasteiger partial charge in [0.05, 0.1) is 41.4 Å². The summed E-state index contributed by atoms with van der Waals surface area (Å²) in [6, 6.07) is 9.59. The number of rotatable bonds is 9. The van der Waals surface area contributed by atoms with Gasteiger partial charge in [-0.15, -0.1) is 0 Å². The van der Waals surface area contributed by atoms with Gasteiger partial charge in [0.2, 0.25) is 0 Å². The van der Waals surface area contributed by atoms with E-state index in [1.807, 2.05) is 32.0 Å². The van der Waals surface area contributed by atoms with Crippen molar-refractivity contribution in [3.8, 4) is 5.75 Å². The zero-order valence-corrected chi connectivity index (χ0v) is 33.7. The van der Waals surface area contributed by atoms with Crippen LogP contribution >= 0.6 is 11.6 Å². The van der Waals surface area contributed by atoms with E-state index in [9.17, 15) is 9.35 Å². The van der Waals surface area contributed by atoms with Gasteiger partial charge in [0.25, 0.3) is 5.91 Å². The van der Waals surface area contributed by atoms with Crippen LogP contribution in [0.3, 0.4) is 0 Å². The van der Waals surface area contributed by atoms with Crippen LogP contribution in [0.4, 0.5) is 10.1 Å². The van der Waals surface area contributed by atoms with E-state index >= 15 is 4.39 Å². The van der Waals surface area contributed by atoms with Crippen molar-refractivity contribution in [3.63, 3.8) is 0 Å². The average Bonchev–Trinajstić information content (AvgIpc) is 3.31. The average molecular weight is 759 g/mol. The molecular formula is C41H60ClFN4O4S. The number of benzene rings is 2. The highest BCUT2D eigenvalue weighted by Crippen LogP contribution is 2.38. The lowest BCUT2D eigenvalue weighted by molar-refractivity contribution is 0.0111. The number of nitrogens with one attached hydrogen (secondary N) is 1. The van der Waals surface area contributed by atoms with Gasteiger partial charge < -0.3 is 18.9 Å². The van der Waals surface area contributed by atoms with E-state index in [-0.39, 0.29) is 39.9 Å². The second kappa shape index (κ2) is 19.3. The molecular weight excluding hydrogens is 699 g/mol. The molecule has 0 aliphatic carbocycles. The van der Waals surface area contributed by atoms with Gasteiger partial charge in [-0.2, -0.15) is 4.72 Å². The van der Waals surface area contributed by atoms with Crippen molar-refractivity contribution < 1.29 is 23.2 Å². The minimum absolute atomic E-state index is 0.0540. The molecule has 0 spiro atoms. The summed E-state index contributed by atoms with van der Waals surface area (Å²) in [7, 11) is 0. The first-order chi connectivity index (χ1) is 25.0. The monoisotopic (exact) mass is 758 g/mol. The number of amides is 1. The largest absolute Gasteiger partial charge is 0.593 e. The Morgan fingerprint density at radius 2 is 1.88 bits per heavy atom. The molecule has 3 heterocycles. The van der Waals surface area contributed by atoms with Crippen LogP contribution in [0, 0.1) is 11.7 Å². The highest BCUT2D eigenvalue weighted by atomic mass is 35.5. The Morgan fingerprint density at radius 3 is 2.60 bits per heavy atom. The van der Waals surface area contributed by atoms with Crippen LogP contribution in [0.2, 0.25) is 5.02 Å². The fourth-order valence-electron chi connectivity index (χ4n) is 7.89. The Bertz CT molecular complexity index is 1520. The molecule has 5 atom stereocenters. The van der Waals surface area contributed by atoms with Crippen molar-refractivity contribution in [2.45, 2.75) is 103 Å². The second-order valence-electron chi connectivity index (χ2n) is 15.1. The molecule has 0 aromatic heterocycles. The normalized spacial score (nSPS) is 26.7. The SMILES string of the molecule is CCCc1c(C2COc3ccc4cc3N(CCC(CC)C(OCCN3CCN(C(C)C)CC3)/C(C)=C/CCC(C)[S+]([O-])NC4=O)C2)ccc(Cl)c1F. The van der Waals surface area contributed by atoms with Crippen molar-refractivity contribution in [2.24, 2.45) is 5.92 Å². The van der Waals surface area contributed by atoms with Crippen molar-refractivity contribution in [3.05, 3.63) is 69.5 Å². The maximum atomic E-state index is 15.5. The molecule has 1 saturated heterocycles. The molecule has 52 heavy (non-hydrogen) atoms. The third-order valence-corrected chi connectivity index (χ3v) is 12.9. The van der Waals surface area contributed by atoms with Crippen LogP contribution < -0.4 is 14.4 Å². The van der Waals surface area contributed by atoms with Crippen LogP contribution in [0.1, 0.15) is 101 Å². The van der Waals surface area contributed by atoms with E-state index in [0.717, 1.165) is 69.7 Å². The van der Waals surface area contributed by atoms with Crippen LogP contribution in [0.15, 0.2) is 42.0 Å². The molecule has 1 fully saturated rings. The number of carbonyl (C=O) groups is 1. The van der Waals surface area contributed by atoms with Crippen molar-refractivity contribution in [1.29, 1.82) is 0 Å². The molecule has 2 bridgehead atoms. The quantitative estimate of drug-likeness (QED) is 0.207. The van der Waals surface area contributed by atoms with Gasteiger partial charge in [0.15, 0.2) is 0 Å². The summed E-state index contributed by atoms with van der Waals surface area (Å²) in [5.74, 6) is 0.0716. The Morgan fingerprint density at radius 1 is 1.12 bits per heavy atom. The molecule has 1 amide bonds. The molecule has 1 N–H and O–H groups in total. The first-order valence-electron chi connectivity index (χ1n) is 19.4. The second-order valence-corrected chi connectivity index (χ2v) is 17.1. The van der Waals surface area contributed by atoms with Crippen molar-refractivity contribution in [1.82, 2.24) is 14.5 Å². The zero-order chi connectivity index (χ0) is 37.4. The first kappa shape index (κ1) is 40.8. The number of piperazine rings is 1. The number of fused-ring (bicyclic) bond motifs is 1. The minimum atomic E-state index is -1.54. The number of hydrogen-bond donors (Lipinski definition) is 1. The number of hydrogen-bond acceptors (Lipinski definition) is 7. The van der Waals surface area contributed by atoms with Crippen LogP contribution in [0.5, 0.6) is 5.75 Å². The Labute approximate surface area is 319 Å². The standard InChI is InChI=1S/C41H60ClFN4O4S/c1-7-10-35-34(14-15-36(42)39(35)43)33-26-47-18-17-31(8-2)40(50-24-23-45-19-21-46(22-20-45)28(3)4)29(5)11-9-12-30(6)52(49)44-41(48)32-13-16-38(51-27-33)37(47)25-32/h11,13-16,25,28,30-31,33,40H,7-10,12,17-24,26-27H2,1-6H3,(H,44,48)/b29-11+. The van der Waals surface area contributed by atoms with Gasteiger partial charge in [-0.25, -0.2) is 4.39 Å². The minimum Gasteiger partial charge on any atom is -0.593 e. The van der Waals surface area contributed by atoms with Crippen LogP contribution in [0.25, 0.3) is 0 Å². The van der Waals surface area contributed by atoms with Gasteiger partial charge >= 0.3 is 0 Å². The van der Waals surface area contributed by atoms with E-state index in [2.05, 4.69) is 53.2 Å². The van der Waals surface area contributed by atoms with E-state index in [1.54, 1.807) is 12.1 Å². The number of nitrogens with zero attached hydrogens (tertiary/aromatic N) is 3. The first-order valence-corrected chi connectivity index (χ1v) is 21.0. The number of allylic oxidation sites excluding steroid dienone is 1. The molecule has 3 aliphatic rings. The van der Waals surface area contributed by atoms with E-state index in [0.29, 0.717) is 62.1 Å². The summed E-state index contributed by atoms with van der Waals surface area (Å²) in [6.45, 7) is 20.4. The van der Waals surface area contributed by atoms with Gasteiger partial charge in [-0.05, 0) is 93.8 Å². The van der Waals surface area contributed by atoms with Gasteiger partial charge in [-0.3, -0.25) is 14.6 Å². The van der Waals surface area contributed by atoms with E-state index in [1.165, 1.54) is 5.57 Å². The molecule has 3 aliphatic heterocycles. The lowest BCUT2D eigenvalue weighted by atomic mass is 9.89. The molecule has 0 radical (unpaired) electrons. The molecule has 0 saturated carbocycles. The lowest BCUT2D eigenvalue weighted by Gasteiger charge is -2.37. The zero-order valence-electron chi connectivity index (χ0n) is 32.1. The van der Waals surface area contributed by atoms with E-state index < -0.39 is 11.4 Å². The van der Waals surface area contributed by atoms with Crippen LogP contribution in [-0.2, 0) is 22.5 Å². The summed E-state index contributed by atoms with van der Waals surface area (Å²) >= 11 is 4.72. The molecule has 5 rings (SSSR count). The number of halogens is 2.